The number of oxazole rings is 1. The highest BCUT2D eigenvalue weighted by molar-refractivity contribution is 7.26. The Morgan fingerprint density at radius 2 is 1.12 bits per heavy atom. The molecular weight excluding hydrogens is 617 g/mol. The van der Waals surface area contributed by atoms with Crippen molar-refractivity contribution in [3.8, 4) is 28.3 Å². The van der Waals surface area contributed by atoms with Crippen molar-refractivity contribution in [1.29, 1.82) is 0 Å². The van der Waals surface area contributed by atoms with Crippen molar-refractivity contribution >= 4 is 86.0 Å². The van der Waals surface area contributed by atoms with Gasteiger partial charge in [0.15, 0.2) is 5.58 Å². The molecule has 3 heterocycles. The molecule has 0 saturated carbocycles. The number of rotatable bonds is 3. The third-order valence-corrected chi connectivity index (χ3v) is 11.1. The summed E-state index contributed by atoms with van der Waals surface area (Å²) >= 11 is 1.86. The molecule has 8 aromatic carbocycles. The minimum Gasteiger partial charge on any atom is -0.436 e. The summed E-state index contributed by atoms with van der Waals surface area (Å²) in [6.07, 6.45) is 0. The van der Waals surface area contributed by atoms with Gasteiger partial charge in [0.25, 0.3) is 0 Å². The van der Waals surface area contributed by atoms with Crippen LogP contribution in [0, 0.1) is 0 Å². The lowest BCUT2D eigenvalue weighted by atomic mass is 9.99. The Hall–Kier alpha value is -6.23. The number of benzene rings is 8. The van der Waals surface area contributed by atoms with Crippen molar-refractivity contribution in [3.63, 3.8) is 0 Å². The van der Waals surface area contributed by atoms with E-state index in [-0.39, 0.29) is 0 Å². The van der Waals surface area contributed by atoms with Gasteiger partial charge in [-0.2, -0.15) is 0 Å². The number of thiophene rings is 1. The maximum atomic E-state index is 6.24. The number of para-hydroxylation sites is 1. The summed E-state index contributed by atoms with van der Waals surface area (Å²) in [7, 11) is 0. The third-order valence-electron chi connectivity index (χ3n) is 9.96. The van der Waals surface area contributed by atoms with E-state index in [1.54, 1.807) is 0 Å². The van der Waals surface area contributed by atoms with Crippen LogP contribution in [0.5, 0.6) is 0 Å². The molecule has 228 valence electrons. The Morgan fingerprint density at radius 1 is 0.469 bits per heavy atom. The summed E-state index contributed by atoms with van der Waals surface area (Å²) in [5, 5.41) is 10.1. The smallest absolute Gasteiger partial charge is 0.227 e. The molecule has 0 N–H and O–H groups in total. The third kappa shape index (κ3) is 4.05. The summed E-state index contributed by atoms with van der Waals surface area (Å²) in [6.45, 7) is 0. The minimum atomic E-state index is 0.634. The zero-order chi connectivity index (χ0) is 32.1. The van der Waals surface area contributed by atoms with Gasteiger partial charge in [0.2, 0.25) is 5.89 Å². The lowest BCUT2D eigenvalue weighted by Crippen LogP contribution is -1.97. The van der Waals surface area contributed by atoms with Gasteiger partial charge < -0.3 is 8.98 Å². The molecule has 3 aromatic heterocycles. The maximum absolute atomic E-state index is 6.24. The molecule has 0 spiro atoms. The molecule has 0 radical (unpaired) electrons. The largest absolute Gasteiger partial charge is 0.436 e. The molecule has 0 aliphatic rings. The molecule has 0 fully saturated rings. The zero-order valence-corrected chi connectivity index (χ0v) is 27.0. The van der Waals surface area contributed by atoms with Gasteiger partial charge in [-0.1, -0.05) is 91.0 Å². The molecule has 4 heteroatoms. The second-order valence-corrected chi connectivity index (χ2v) is 13.9. The number of aromatic nitrogens is 2. The molecule has 0 amide bonds. The normalized spacial score (nSPS) is 12.1. The van der Waals surface area contributed by atoms with E-state index in [4.69, 9.17) is 9.40 Å². The SMILES string of the molecule is c1ccc(-c2nc3cc(-c4cc5sc6cc7ccccc7cc6c5cc4-n4c5ccccc5c5cc6ccccc6cc54)ccc3o2)cc1. The first-order chi connectivity index (χ1) is 24.2. The van der Waals surface area contributed by atoms with Crippen molar-refractivity contribution in [2.75, 3.05) is 0 Å². The van der Waals surface area contributed by atoms with Crippen molar-refractivity contribution in [2.45, 2.75) is 0 Å². The predicted octanol–water partition coefficient (Wildman–Crippen LogP) is 12.9. The molecule has 49 heavy (non-hydrogen) atoms. The highest BCUT2D eigenvalue weighted by atomic mass is 32.1. The van der Waals surface area contributed by atoms with Crippen LogP contribution in [0.15, 0.2) is 162 Å². The van der Waals surface area contributed by atoms with E-state index >= 15 is 0 Å². The van der Waals surface area contributed by atoms with Crippen molar-refractivity contribution in [3.05, 3.63) is 158 Å². The molecule has 0 saturated heterocycles. The summed E-state index contributed by atoms with van der Waals surface area (Å²) < 4.78 is 11.3. The first-order valence-corrected chi connectivity index (χ1v) is 17.3. The van der Waals surface area contributed by atoms with Crippen LogP contribution in [0.4, 0.5) is 0 Å². The van der Waals surface area contributed by atoms with E-state index in [0.717, 1.165) is 33.5 Å². The van der Waals surface area contributed by atoms with E-state index in [1.165, 1.54) is 63.5 Å². The van der Waals surface area contributed by atoms with Crippen molar-refractivity contribution in [2.24, 2.45) is 0 Å². The van der Waals surface area contributed by atoms with Gasteiger partial charge in [-0.3, -0.25) is 0 Å². The summed E-state index contributed by atoms with van der Waals surface area (Å²) in [5.41, 5.74) is 8.38. The van der Waals surface area contributed by atoms with Crippen LogP contribution in [0.2, 0.25) is 0 Å². The second-order valence-electron chi connectivity index (χ2n) is 12.8. The Morgan fingerprint density at radius 3 is 1.94 bits per heavy atom. The predicted molar refractivity (Wildman–Crippen MR) is 207 cm³/mol. The van der Waals surface area contributed by atoms with Crippen LogP contribution in [-0.4, -0.2) is 9.55 Å². The van der Waals surface area contributed by atoms with Gasteiger partial charge in [0.05, 0.1) is 16.7 Å². The quantitative estimate of drug-likeness (QED) is 0.192. The topological polar surface area (TPSA) is 31.0 Å². The standard InChI is InChI=1S/C45H26N2OS/c1-2-10-27(11-3-1)45-46-38-22-32(18-19-42(38)48-45)34-26-44-37(36-21-29-13-5-7-15-31(29)24-43(36)49-44)25-41(34)47-39-17-9-8-16-33(39)35-20-28-12-4-6-14-30(28)23-40(35)47/h1-26H. The fraction of sp³-hybridized carbons (Fsp3) is 0. The second kappa shape index (κ2) is 10.1. The highest BCUT2D eigenvalue weighted by Gasteiger charge is 2.20. The molecule has 0 atom stereocenters. The lowest BCUT2D eigenvalue weighted by Gasteiger charge is -2.15. The zero-order valence-electron chi connectivity index (χ0n) is 26.2. The highest BCUT2D eigenvalue weighted by Crippen LogP contribution is 2.44. The van der Waals surface area contributed by atoms with Crippen LogP contribution in [-0.2, 0) is 0 Å². The van der Waals surface area contributed by atoms with Gasteiger partial charge in [0, 0.05) is 42.1 Å². The number of fused-ring (bicyclic) bond motifs is 9. The average molecular weight is 643 g/mol. The Balaban J connectivity index is 1.25. The molecule has 3 nitrogen and oxygen atoms in total. The number of hydrogen-bond donors (Lipinski definition) is 0. The molecule has 0 bridgehead atoms. The fourth-order valence-corrected chi connectivity index (χ4v) is 8.78. The summed E-state index contributed by atoms with van der Waals surface area (Å²) in [6, 6.07) is 56.8. The molecule has 11 aromatic rings. The summed E-state index contributed by atoms with van der Waals surface area (Å²) in [5.74, 6) is 0.634. The first-order valence-electron chi connectivity index (χ1n) is 16.5. The maximum Gasteiger partial charge on any atom is 0.227 e. The molecule has 0 unspecified atom stereocenters. The first kappa shape index (κ1) is 26.8. The molecule has 11 rings (SSSR count). The van der Waals surface area contributed by atoms with E-state index < -0.39 is 0 Å². The van der Waals surface area contributed by atoms with Gasteiger partial charge in [-0.05, 0) is 93.8 Å². The van der Waals surface area contributed by atoms with E-state index in [1.807, 2.05) is 41.7 Å². The van der Waals surface area contributed by atoms with E-state index in [2.05, 4.69) is 132 Å². The van der Waals surface area contributed by atoms with Crippen LogP contribution in [0.25, 0.3) is 103 Å². The van der Waals surface area contributed by atoms with Gasteiger partial charge >= 0.3 is 0 Å². The van der Waals surface area contributed by atoms with Crippen molar-refractivity contribution in [1.82, 2.24) is 9.55 Å². The van der Waals surface area contributed by atoms with Gasteiger partial charge in [-0.25, -0.2) is 4.98 Å². The van der Waals surface area contributed by atoms with E-state index in [9.17, 15) is 0 Å². The van der Waals surface area contributed by atoms with Gasteiger partial charge in [0.1, 0.15) is 5.52 Å². The lowest BCUT2D eigenvalue weighted by molar-refractivity contribution is 0.620. The van der Waals surface area contributed by atoms with Gasteiger partial charge in [-0.15, -0.1) is 11.3 Å². The van der Waals surface area contributed by atoms with Crippen LogP contribution < -0.4 is 0 Å². The number of nitrogens with zero attached hydrogens (tertiary/aromatic N) is 2. The van der Waals surface area contributed by atoms with Crippen LogP contribution in [0.3, 0.4) is 0 Å². The Bertz CT molecular complexity index is 3110. The number of hydrogen-bond acceptors (Lipinski definition) is 3. The van der Waals surface area contributed by atoms with E-state index in [0.29, 0.717) is 5.89 Å². The average Bonchev–Trinajstić information content (AvgIpc) is 3.83. The summed E-state index contributed by atoms with van der Waals surface area (Å²) in [4.78, 5) is 4.95. The molecular formula is C45H26N2OS. The van der Waals surface area contributed by atoms with Crippen LogP contribution in [0.1, 0.15) is 0 Å². The fourth-order valence-electron chi connectivity index (χ4n) is 7.63. The minimum absolute atomic E-state index is 0.634. The Labute approximate surface area is 284 Å². The van der Waals surface area contributed by atoms with Crippen molar-refractivity contribution < 1.29 is 4.42 Å². The molecule has 0 aliphatic heterocycles. The monoisotopic (exact) mass is 642 g/mol. The van der Waals surface area contributed by atoms with Crippen LogP contribution >= 0.6 is 11.3 Å². The molecule has 0 aliphatic carbocycles. The Kier molecular flexibility index (Phi) is 5.54.